The summed E-state index contributed by atoms with van der Waals surface area (Å²) in [6.07, 6.45) is 3.51. The molecule has 8 nitrogen and oxygen atoms in total. The predicted molar refractivity (Wildman–Crippen MR) is 70.0 cm³/mol. The summed E-state index contributed by atoms with van der Waals surface area (Å²) in [5, 5.41) is 13.1. The first-order chi connectivity index (χ1) is 9.42. The molecule has 2 aromatic heterocycles. The van der Waals surface area contributed by atoms with Crippen molar-refractivity contribution in [2.45, 2.75) is 19.9 Å². The second kappa shape index (κ2) is 5.16. The van der Waals surface area contributed by atoms with Crippen molar-refractivity contribution in [1.82, 2.24) is 19.3 Å². The molecule has 0 aliphatic rings. The molecule has 0 aliphatic carbocycles. The summed E-state index contributed by atoms with van der Waals surface area (Å²) in [5.74, 6) is -1.37. The van der Waals surface area contributed by atoms with Crippen LogP contribution in [0.2, 0.25) is 0 Å². The normalized spacial score (nSPS) is 10.7. The minimum Gasteiger partial charge on any atom is -0.477 e. The minimum absolute atomic E-state index is 0.160. The zero-order valence-electron chi connectivity index (χ0n) is 11.1. The highest BCUT2D eigenvalue weighted by atomic mass is 16.4. The van der Waals surface area contributed by atoms with Gasteiger partial charge in [-0.3, -0.25) is 19.0 Å². The lowest BCUT2D eigenvalue weighted by atomic mass is 10.2. The van der Waals surface area contributed by atoms with E-state index in [4.69, 9.17) is 5.11 Å². The lowest BCUT2D eigenvalue weighted by molar-refractivity contribution is 0.0693. The molecule has 0 aliphatic heterocycles. The molecule has 0 fully saturated rings. The number of aryl methyl sites for hydroxylation is 2. The lowest BCUT2D eigenvalue weighted by Crippen LogP contribution is -2.33. The predicted octanol–water partition coefficient (Wildman–Crippen LogP) is -0.421. The highest BCUT2D eigenvalue weighted by molar-refractivity contribution is 5.86. The molecule has 0 unspecified atom stereocenters. The fourth-order valence-electron chi connectivity index (χ4n) is 1.98. The van der Waals surface area contributed by atoms with Gasteiger partial charge < -0.3 is 5.11 Å². The van der Waals surface area contributed by atoms with Gasteiger partial charge in [-0.05, 0) is 6.42 Å². The fourth-order valence-corrected chi connectivity index (χ4v) is 1.98. The topological polar surface area (TPSA) is 110 Å². The molecule has 2 aromatic rings. The molecule has 0 bridgehead atoms. The summed E-state index contributed by atoms with van der Waals surface area (Å²) in [4.78, 5) is 36.0. The van der Waals surface area contributed by atoms with Crippen LogP contribution in [0.3, 0.4) is 0 Å². The van der Waals surface area contributed by atoms with Gasteiger partial charge in [0.2, 0.25) is 0 Å². The van der Waals surface area contributed by atoms with Crippen LogP contribution in [0.1, 0.15) is 28.5 Å². The summed E-state index contributed by atoms with van der Waals surface area (Å²) >= 11 is 0. The smallest absolute Gasteiger partial charge is 0.342 e. The number of aromatic nitrogens is 4. The maximum atomic E-state index is 11.7. The van der Waals surface area contributed by atoms with E-state index in [9.17, 15) is 14.4 Å². The van der Waals surface area contributed by atoms with Crippen molar-refractivity contribution in [1.29, 1.82) is 0 Å². The molecule has 20 heavy (non-hydrogen) atoms. The first kappa shape index (κ1) is 13.8. The van der Waals surface area contributed by atoms with Gasteiger partial charge in [-0.2, -0.15) is 5.10 Å². The van der Waals surface area contributed by atoms with E-state index in [0.717, 1.165) is 22.0 Å². The Balaban J connectivity index is 2.48. The molecule has 2 rings (SSSR count). The highest BCUT2D eigenvalue weighted by Crippen LogP contribution is 2.08. The summed E-state index contributed by atoms with van der Waals surface area (Å²) < 4.78 is 2.78. The van der Waals surface area contributed by atoms with E-state index in [1.807, 2.05) is 11.9 Å². The van der Waals surface area contributed by atoms with Gasteiger partial charge in [0.15, 0.2) is 0 Å². The molecule has 0 radical (unpaired) electrons. The van der Waals surface area contributed by atoms with E-state index in [1.165, 1.54) is 0 Å². The number of hydrogen-bond donors (Lipinski definition) is 2. The fraction of sp³-hybridized carbons (Fsp3) is 0.333. The average Bonchev–Trinajstić information content (AvgIpc) is 2.72. The Bertz CT molecular complexity index is 768. The molecule has 0 amide bonds. The Morgan fingerprint density at radius 1 is 1.40 bits per heavy atom. The molecular formula is C12H14N4O4. The number of carbonyl (C=O) groups is 1. The minimum atomic E-state index is -1.37. The van der Waals surface area contributed by atoms with Gasteiger partial charge in [-0.25, -0.2) is 9.59 Å². The molecule has 0 aromatic carbocycles. The van der Waals surface area contributed by atoms with Crippen LogP contribution in [0, 0.1) is 0 Å². The number of aromatic carboxylic acids is 1. The van der Waals surface area contributed by atoms with E-state index in [1.54, 1.807) is 17.9 Å². The van der Waals surface area contributed by atoms with Crippen molar-refractivity contribution >= 4 is 5.97 Å². The van der Waals surface area contributed by atoms with Crippen LogP contribution in [0.25, 0.3) is 0 Å². The second-order valence-electron chi connectivity index (χ2n) is 4.36. The first-order valence-corrected chi connectivity index (χ1v) is 6.00. The van der Waals surface area contributed by atoms with E-state index >= 15 is 0 Å². The molecule has 2 N–H and O–H groups in total. The summed E-state index contributed by atoms with van der Waals surface area (Å²) in [5.41, 5.74) is -0.388. The largest absolute Gasteiger partial charge is 0.477 e. The van der Waals surface area contributed by atoms with Gasteiger partial charge in [0.25, 0.3) is 5.56 Å². The Hall–Kier alpha value is -2.64. The SMILES string of the molecule is CCc1nn(C)cc1Cn1cc(C(=O)O)c(=O)[nH]c1=O. The van der Waals surface area contributed by atoms with E-state index < -0.39 is 22.8 Å². The van der Waals surface area contributed by atoms with Crippen LogP contribution in [0.5, 0.6) is 0 Å². The van der Waals surface area contributed by atoms with Crippen molar-refractivity contribution in [2.75, 3.05) is 0 Å². The number of H-pyrrole nitrogens is 1. The molecule has 0 saturated heterocycles. The quantitative estimate of drug-likeness (QED) is 0.789. The summed E-state index contributed by atoms with van der Waals surface area (Å²) in [7, 11) is 1.76. The van der Waals surface area contributed by atoms with E-state index in [2.05, 4.69) is 5.10 Å². The van der Waals surface area contributed by atoms with Crippen LogP contribution in [-0.2, 0) is 20.0 Å². The van der Waals surface area contributed by atoms with Crippen molar-refractivity contribution in [3.05, 3.63) is 50.1 Å². The van der Waals surface area contributed by atoms with Crippen LogP contribution in [-0.4, -0.2) is 30.4 Å². The third kappa shape index (κ3) is 2.53. The van der Waals surface area contributed by atoms with Crippen LogP contribution in [0.4, 0.5) is 0 Å². The van der Waals surface area contributed by atoms with Gasteiger partial charge in [0, 0.05) is 25.0 Å². The molecule has 8 heteroatoms. The summed E-state index contributed by atoms with van der Waals surface area (Å²) in [6.45, 7) is 2.09. The standard InChI is InChI=1S/C12H14N4O4/c1-3-9-7(4-15(2)14-9)5-16-6-8(11(18)19)10(17)13-12(16)20/h4,6H,3,5H2,1-2H3,(H,18,19)(H,13,17,20). The van der Waals surface area contributed by atoms with Gasteiger partial charge in [-0.15, -0.1) is 0 Å². The van der Waals surface area contributed by atoms with Crippen molar-refractivity contribution in [3.8, 4) is 0 Å². The zero-order chi connectivity index (χ0) is 14.9. The average molecular weight is 278 g/mol. The number of hydrogen-bond acceptors (Lipinski definition) is 4. The Labute approximate surface area is 113 Å². The van der Waals surface area contributed by atoms with Gasteiger partial charge in [0.1, 0.15) is 5.56 Å². The zero-order valence-corrected chi connectivity index (χ0v) is 11.1. The number of carboxylic acid groups (broad SMARTS) is 1. The van der Waals surface area contributed by atoms with Gasteiger partial charge in [0.05, 0.1) is 12.2 Å². The lowest BCUT2D eigenvalue weighted by Gasteiger charge is -2.05. The highest BCUT2D eigenvalue weighted by Gasteiger charge is 2.13. The Kier molecular flexibility index (Phi) is 3.55. The third-order valence-electron chi connectivity index (χ3n) is 2.91. The number of nitrogens with zero attached hydrogens (tertiary/aromatic N) is 3. The molecule has 0 spiro atoms. The summed E-state index contributed by atoms with van der Waals surface area (Å²) in [6, 6.07) is 0. The molecule has 106 valence electrons. The Morgan fingerprint density at radius 3 is 2.70 bits per heavy atom. The maximum Gasteiger partial charge on any atom is 0.342 e. The number of rotatable bonds is 4. The number of nitrogens with one attached hydrogen (secondary N) is 1. The molecular weight excluding hydrogens is 264 g/mol. The van der Waals surface area contributed by atoms with Gasteiger partial charge >= 0.3 is 11.7 Å². The van der Waals surface area contributed by atoms with Crippen LogP contribution >= 0.6 is 0 Å². The number of aromatic amines is 1. The van der Waals surface area contributed by atoms with Gasteiger partial charge in [-0.1, -0.05) is 6.92 Å². The van der Waals surface area contributed by atoms with E-state index in [-0.39, 0.29) is 6.54 Å². The van der Waals surface area contributed by atoms with Crippen molar-refractivity contribution in [2.24, 2.45) is 7.05 Å². The van der Waals surface area contributed by atoms with Crippen molar-refractivity contribution in [3.63, 3.8) is 0 Å². The van der Waals surface area contributed by atoms with Crippen molar-refractivity contribution < 1.29 is 9.90 Å². The van der Waals surface area contributed by atoms with Crippen LogP contribution in [0.15, 0.2) is 22.0 Å². The first-order valence-electron chi connectivity index (χ1n) is 6.00. The molecule has 0 atom stereocenters. The maximum absolute atomic E-state index is 11.7. The van der Waals surface area contributed by atoms with E-state index in [0.29, 0.717) is 6.42 Å². The molecule has 0 saturated carbocycles. The molecule has 2 heterocycles. The third-order valence-corrected chi connectivity index (χ3v) is 2.91. The Morgan fingerprint density at radius 2 is 2.10 bits per heavy atom. The second-order valence-corrected chi connectivity index (χ2v) is 4.36. The van der Waals surface area contributed by atoms with Crippen LogP contribution < -0.4 is 11.2 Å². The number of carboxylic acids is 1. The monoisotopic (exact) mass is 278 g/mol.